The Bertz CT molecular complexity index is 2170. The summed E-state index contributed by atoms with van der Waals surface area (Å²) in [4.78, 5) is 14.9. The van der Waals surface area contributed by atoms with Crippen molar-refractivity contribution >= 4 is 33.3 Å². The average Bonchev–Trinajstić information content (AvgIpc) is 3.49. The van der Waals surface area contributed by atoms with Gasteiger partial charge in [0.2, 0.25) is 0 Å². The SMILES string of the molecule is C[Si](C)(C)C1=C(c2ccccc2)C(c2ccccc2)=C([Si](C)(C)C)C1(OC(=O)c1ccc(-c2ccccc2)cc1)c1ccc(-c2ccccc2)cc1. The summed E-state index contributed by atoms with van der Waals surface area (Å²) in [5.74, 6) is -0.319. The Morgan fingerprint density at radius 2 is 0.712 bits per heavy atom. The summed E-state index contributed by atoms with van der Waals surface area (Å²) >= 11 is 0. The van der Waals surface area contributed by atoms with Gasteiger partial charge in [0.1, 0.15) is 0 Å². The number of benzene rings is 6. The summed E-state index contributed by atoms with van der Waals surface area (Å²) in [7, 11) is -4.60. The first kappa shape index (κ1) is 35.1. The zero-order chi connectivity index (χ0) is 36.5. The van der Waals surface area contributed by atoms with Crippen LogP contribution in [0.5, 0.6) is 0 Å². The minimum Gasteiger partial charge on any atom is -0.442 e. The highest BCUT2D eigenvalue weighted by atomic mass is 28.3. The molecule has 0 saturated carbocycles. The summed E-state index contributed by atoms with van der Waals surface area (Å²) in [6.07, 6.45) is 0. The molecule has 6 aromatic rings. The topological polar surface area (TPSA) is 26.3 Å². The van der Waals surface area contributed by atoms with Crippen LogP contribution in [0.1, 0.15) is 27.0 Å². The number of esters is 1. The smallest absolute Gasteiger partial charge is 0.339 e. The minimum atomic E-state index is -2.30. The van der Waals surface area contributed by atoms with Crippen LogP contribution in [0.4, 0.5) is 0 Å². The van der Waals surface area contributed by atoms with E-state index in [0.29, 0.717) is 5.56 Å². The molecule has 0 N–H and O–H groups in total. The number of hydrogen-bond acceptors (Lipinski definition) is 2. The van der Waals surface area contributed by atoms with Crippen molar-refractivity contribution in [3.63, 3.8) is 0 Å². The van der Waals surface area contributed by atoms with Crippen molar-refractivity contribution in [3.8, 4) is 22.3 Å². The summed E-state index contributed by atoms with van der Waals surface area (Å²) in [5.41, 5.74) is 9.62. The molecule has 0 spiro atoms. The first-order valence-electron chi connectivity index (χ1n) is 18.1. The molecule has 1 aliphatic rings. The highest BCUT2D eigenvalue weighted by molar-refractivity contribution is 6.89. The van der Waals surface area contributed by atoms with Gasteiger partial charge in [-0.1, -0.05) is 197 Å². The van der Waals surface area contributed by atoms with Gasteiger partial charge < -0.3 is 4.74 Å². The number of carbonyl (C=O) groups is 1. The Balaban J connectivity index is 1.53. The number of allylic oxidation sites excluding steroid dienone is 2. The number of rotatable bonds is 9. The molecule has 0 amide bonds. The summed E-state index contributed by atoms with van der Waals surface area (Å²) in [5, 5.41) is 2.48. The molecule has 258 valence electrons. The molecule has 7 rings (SSSR count). The zero-order valence-electron chi connectivity index (χ0n) is 31.0. The van der Waals surface area contributed by atoms with Gasteiger partial charge in [0.15, 0.2) is 5.60 Å². The first-order valence-corrected chi connectivity index (χ1v) is 25.1. The number of carbonyl (C=O) groups excluding carboxylic acids is 1. The predicted molar refractivity (Wildman–Crippen MR) is 224 cm³/mol. The molecule has 0 heterocycles. The largest absolute Gasteiger partial charge is 0.442 e. The maximum atomic E-state index is 14.9. The van der Waals surface area contributed by atoms with Crippen molar-refractivity contribution in [2.75, 3.05) is 0 Å². The highest BCUT2D eigenvalue weighted by Crippen LogP contribution is 2.61. The highest BCUT2D eigenvalue weighted by Gasteiger charge is 2.58. The molecule has 0 unspecified atom stereocenters. The van der Waals surface area contributed by atoms with Crippen molar-refractivity contribution < 1.29 is 9.53 Å². The molecule has 0 aromatic heterocycles. The van der Waals surface area contributed by atoms with E-state index >= 15 is 0 Å². The Hall–Kier alpha value is -5.30. The lowest BCUT2D eigenvalue weighted by molar-refractivity contribution is 0.0165. The molecule has 2 nitrogen and oxygen atoms in total. The number of hydrogen-bond donors (Lipinski definition) is 0. The Morgan fingerprint density at radius 3 is 1.06 bits per heavy atom. The molecular weight excluding hydrogens is 665 g/mol. The van der Waals surface area contributed by atoms with E-state index in [2.05, 4.69) is 161 Å². The van der Waals surface area contributed by atoms with E-state index in [9.17, 15) is 4.79 Å². The molecule has 0 bridgehead atoms. The predicted octanol–water partition coefficient (Wildman–Crippen LogP) is 12.7. The third kappa shape index (κ3) is 6.60. The van der Waals surface area contributed by atoms with Gasteiger partial charge in [0, 0.05) is 5.56 Å². The van der Waals surface area contributed by atoms with Crippen LogP contribution in [0.3, 0.4) is 0 Å². The van der Waals surface area contributed by atoms with Crippen LogP contribution in [0.15, 0.2) is 180 Å². The van der Waals surface area contributed by atoms with Gasteiger partial charge in [-0.3, -0.25) is 0 Å². The third-order valence-electron chi connectivity index (χ3n) is 9.95. The fraction of sp³-hybridized carbons (Fsp3) is 0.146. The van der Waals surface area contributed by atoms with Crippen molar-refractivity contribution in [2.45, 2.75) is 44.9 Å². The van der Waals surface area contributed by atoms with Crippen LogP contribution in [0, 0.1) is 0 Å². The van der Waals surface area contributed by atoms with Crippen LogP contribution in [0.2, 0.25) is 39.3 Å². The van der Waals surface area contributed by atoms with Crippen molar-refractivity contribution in [1.82, 2.24) is 0 Å². The van der Waals surface area contributed by atoms with Crippen LogP contribution in [-0.2, 0) is 10.3 Å². The molecule has 0 atom stereocenters. The summed E-state index contributed by atoms with van der Waals surface area (Å²) in [6.45, 7) is 14.4. The minimum absolute atomic E-state index is 0.319. The lowest BCUT2D eigenvalue weighted by atomic mass is 9.91. The number of ether oxygens (including phenoxy) is 1. The average molecular weight is 711 g/mol. The Labute approximate surface area is 311 Å². The van der Waals surface area contributed by atoms with Gasteiger partial charge in [-0.15, -0.1) is 0 Å². The maximum absolute atomic E-state index is 14.9. The Kier molecular flexibility index (Phi) is 9.47. The lowest BCUT2D eigenvalue weighted by Gasteiger charge is -2.44. The van der Waals surface area contributed by atoms with E-state index in [4.69, 9.17) is 4.74 Å². The van der Waals surface area contributed by atoms with Crippen molar-refractivity contribution in [1.29, 1.82) is 0 Å². The molecular formula is C48H46O2Si2. The van der Waals surface area contributed by atoms with E-state index in [1.807, 2.05) is 48.5 Å². The standard InChI is InChI=1S/C48H46O2Si2/c1-51(2,3)45-43(39-23-15-9-16-24-39)44(40-25-17-10-18-26-40)46(52(4,5)6)48(45,42-33-31-38(32-34-42)36-21-13-8-14-22-36)50-47(49)41-29-27-37(28-30-41)35-19-11-7-12-20-35/h7-34H,1-6H3. The van der Waals surface area contributed by atoms with E-state index in [-0.39, 0.29) is 5.97 Å². The van der Waals surface area contributed by atoms with E-state index in [1.54, 1.807) is 0 Å². The van der Waals surface area contributed by atoms with Gasteiger partial charge in [-0.2, -0.15) is 0 Å². The van der Waals surface area contributed by atoms with Crippen LogP contribution >= 0.6 is 0 Å². The molecule has 0 aliphatic heterocycles. The summed E-state index contributed by atoms with van der Waals surface area (Å²) in [6, 6.07) is 59.0. The first-order chi connectivity index (χ1) is 25.0. The van der Waals surface area contributed by atoms with Gasteiger partial charge in [0.05, 0.1) is 21.7 Å². The second kappa shape index (κ2) is 14.0. The lowest BCUT2D eigenvalue weighted by Crippen LogP contribution is -2.49. The zero-order valence-corrected chi connectivity index (χ0v) is 33.0. The Morgan fingerprint density at radius 1 is 0.404 bits per heavy atom. The molecule has 4 heteroatoms. The van der Waals surface area contributed by atoms with E-state index in [1.165, 1.54) is 21.5 Å². The van der Waals surface area contributed by atoms with Crippen molar-refractivity contribution in [3.05, 3.63) is 203 Å². The fourth-order valence-corrected chi connectivity index (χ4v) is 12.8. The van der Waals surface area contributed by atoms with Crippen molar-refractivity contribution in [2.24, 2.45) is 0 Å². The van der Waals surface area contributed by atoms with E-state index < -0.39 is 21.7 Å². The molecule has 6 aromatic carbocycles. The normalized spacial score (nSPS) is 14.4. The molecule has 0 fully saturated rings. The quantitative estimate of drug-likeness (QED) is 0.110. The summed E-state index contributed by atoms with van der Waals surface area (Å²) < 4.78 is 7.36. The van der Waals surface area contributed by atoms with Gasteiger partial charge in [-0.25, -0.2) is 4.79 Å². The fourth-order valence-electron chi connectivity index (χ4n) is 7.93. The van der Waals surface area contributed by atoms with E-state index in [0.717, 1.165) is 38.9 Å². The third-order valence-corrected chi connectivity index (χ3v) is 14.2. The maximum Gasteiger partial charge on any atom is 0.339 e. The monoisotopic (exact) mass is 710 g/mol. The second-order valence-corrected chi connectivity index (χ2v) is 25.7. The second-order valence-electron chi connectivity index (χ2n) is 15.7. The molecule has 52 heavy (non-hydrogen) atoms. The van der Waals surface area contributed by atoms with Gasteiger partial charge in [-0.05, 0) is 67.1 Å². The molecule has 1 aliphatic carbocycles. The van der Waals surface area contributed by atoms with Crippen LogP contribution < -0.4 is 0 Å². The van der Waals surface area contributed by atoms with Crippen LogP contribution in [0.25, 0.3) is 33.4 Å². The van der Waals surface area contributed by atoms with Gasteiger partial charge >= 0.3 is 5.97 Å². The molecule has 0 radical (unpaired) electrons. The van der Waals surface area contributed by atoms with Gasteiger partial charge in [0.25, 0.3) is 0 Å². The van der Waals surface area contributed by atoms with Crippen LogP contribution in [-0.4, -0.2) is 22.1 Å². The molecule has 0 saturated heterocycles.